The summed E-state index contributed by atoms with van der Waals surface area (Å²) in [5, 5.41) is 17.2. The number of aliphatic hydroxyl groups is 1. The zero-order valence-corrected chi connectivity index (χ0v) is 5.38. The predicted octanol–water partition coefficient (Wildman–Crippen LogP) is 0.182. The van der Waals surface area contributed by atoms with Gasteiger partial charge in [0.2, 0.25) is 0 Å². The molecular formula is C6H9FO3. The monoisotopic (exact) mass is 148 g/mol. The lowest BCUT2D eigenvalue weighted by Crippen LogP contribution is -2.48. The fraction of sp³-hybridized carbons (Fsp3) is 0.833. The molecule has 0 atom stereocenters. The van der Waals surface area contributed by atoms with E-state index in [1.807, 2.05) is 0 Å². The Balaban J connectivity index is 2.56. The lowest BCUT2D eigenvalue weighted by molar-refractivity contribution is -0.165. The van der Waals surface area contributed by atoms with Crippen molar-refractivity contribution < 1.29 is 19.4 Å². The van der Waals surface area contributed by atoms with E-state index in [1.165, 1.54) is 0 Å². The summed E-state index contributed by atoms with van der Waals surface area (Å²) in [6.07, 6.45) is -0.510. The number of aliphatic hydroxyl groups excluding tert-OH is 1. The van der Waals surface area contributed by atoms with Crippen molar-refractivity contribution in [3.63, 3.8) is 0 Å². The van der Waals surface area contributed by atoms with E-state index >= 15 is 0 Å². The van der Waals surface area contributed by atoms with Crippen LogP contribution >= 0.6 is 0 Å². The van der Waals surface area contributed by atoms with Crippen molar-refractivity contribution in [1.82, 2.24) is 0 Å². The molecule has 0 radical (unpaired) electrons. The topological polar surface area (TPSA) is 57.5 Å². The van der Waals surface area contributed by atoms with Gasteiger partial charge in [-0.1, -0.05) is 0 Å². The van der Waals surface area contributed by atoms with Gasteiger partial charge < -0.3 is 10.2 Å². The Bertz CT molecular complexity index is 151. The summed E-state index contributed by atoms with van der Waals surface area (Å²) in [5.41, 5.74) is -1.26. The fourth-order valence-corrected chi connectivity index (χ4v) is 1.18. The number of rotatable bonds is 2. The first-order valence-electron chi connectivity index (χ1n) is 3.08. The van der Waals surface area contributed by atoms with Gasteiger partial charge in [-0.25, -0.2) is 4.39 Å². The third-order valence-electron chi connectivity index (χ3n) is 1.96. The zero-order valence-electron chi connectivity index (χ0n) is 5.38. The minimum atomic E-state index is -1.26. The second kappa shape index (κ2) is 2.20. The fourth-order valence-electron chi connectivity index (χ4n) is 1.18. The smallest absolute Gasteiger partial charge is 0.312 e. The van der Waals surface area contributed by atoms with E-state index in [2.05, 4.69) is 0 Å². The van der Waals surface area contributed by atoms with E-state index in [1.54, 1.807) is 0 Å². The second-order valence-electron chi connectivity index (χ2n) is 2.78. The van der Waals surface area contributed by atoms with E-state index in [0.29, 0.717) is 0 Å². The van der Waals surface area contributed by atoms with E-state index < -0.39 is 24.2 Å². The van der Waals surface area contributed by atoms with Crippen molar-refractivity contribution in [2.45, 2.75) is 18.9 Å². The molecule has 1 aliphatic carbocycles. The first-order chi connectivity index (χ1) is 4.60. The van der Waals surface area contributed by atoms with Crippen molar-refractivity contribution in [3.8, 4) is 0 Å². The van der Waals surface area contributed by atoms with Crippen LogP contribution in [-0.2, 0) is 4.79 Å². The van der Waals surface area contributed by atoms with E-state index in [9.17, 15) is 9.18 Å². The molecule has 0 aromatic rings. The van der Waals surface area contributed by atoms with Crippen molar-refractivity contribution in [2.24, 2.45) is 5.41 Å². The van der Waals surface area contributed by atoms with E-state index in [-0.39, 0.29) is 12.8 Å². The average Bonchev–Trinajstić information content (AvgIpc) is 1.79. The summed E-state index contributed by atoms with van der Waals surface area (Å²) in [5.74, 6) is -1.14. The SMILES string of the molecule is O=C(O)C1(CF)CC(O)C1. The molecule has 0 heterocycles. The molecule has 0 amide bonds. The van der Waals surface area contributed by atoms with Crippen LogP contribution in [0.4, 0.5) is 4.39 Å². The van der Waals surface area contributed by atoms with Crippen LogP contribution in [0.5, 0.6) is 0 Å². The molecule has 0 bridgehead atoms. The summed E-state index contributed by atoms with van der Waals surface area (Å²) >= 11 is 0. The van der Waals surface area contributed by atoms with Gasteiger partial charge in [0.05, 0.1) is 6.10 Å². The number of carboxylic acids is 1. The van der Waals surface area contributed by atoms with Crippen LogP contribution in [0.15, 0.2) is 0 Å². The number of carbonyl (C=O) groups is 1. The predicted molar refractivity (Wildman–Crippen MR) is 31.3 cm³/mol. The van der Waals surface area contributed by atoms with Gasteiger partial charge >= 0.3 is 5.97 Å². The standard InChI is InChI=1S/C6H9FO3/c7-3-6(5(9)10)1-4(8)2-6/h4,8H,1-3H2,(H,9,10). The molecule has 1 rings (SSSR count). The molecule has 0 unspecified atom stereocenters. The Hall–Kier alpha value is -0.640. The zero-order chi connectivity index (χ0) is 7.78. The molecule has 1 aliphatic rings. The molecule has 10 heavy (non-hydrogen) atoms. The molecule has 0 aromatic heterocycles. The van der Waals surface area contributed by atoms with Gasteiger partial charge in [0.15, 0.2) is 0 Å². The first-order valence-corrected chi connectivity index (χ1v) is 3.08. The first kappa shape index (κ1) is 7.47. The maximum Gasteiger partial charge on any atom is 0.312 e. The number of carboxylic acid groups (broad SMARTS) is 1. The maximum absolute atomic E-state index is 12.0. The van der Waals surface area contributed by atoms with Crippen molar-refractivity contribution >= 4 is 5.97 Å². The summed E-state index contributed by atoms with van der Waals surface area (Å²) in [7, 11) is 0. The largest absolute Gasteiger partial charge is 0.481 e. The molecular weight excluding hydrogens is 139 g/mol. The van der Waals surface area contributed by atoms with Crippen molar-refractivity contribution in [3.05, 3.63) is 0 Å². The van der Waals surface area contributed by atoms with E-state index in [0.717, 1.165) is 0 Å². The molecule has 58 valence electrons. The lowest BCUT2D eigenvalue weighted by Gasteiger charge is -2.39. The third-order valence-corrected chi connectivity index (χ3v) is 1.96. The van der Waals surface area contributed by atoms with Crippen molar-refractivity contribution in [2.75, 3.05) is 6.67 Å². The van der Waals surface area contributed by atoms with Crippen LogP contribution in [-0.4, -0.2) is 29.0 Å². The Morgan fingerprint density at radius 1 is 1.70 bits per heavy atom. The van der Waals surface area contributed by atoms with Gasteiger partial charge in [0.25, 0.3) is 0 Å². The van der Waals surface area contributed by atoms with Gasteiger partial charge in [-0.3, -0.25) is 4.79 Å². The highest BCUT2D eigenvalue weighted by atomic mass is 19.1. The Morgan fingerprint density at radius 3 is 2.30 bits per heavy atom. The van der Waals surface area contributed by atoms with Crippen molar-refractivity contribution in [1.29, 1.82) is 0 Å². The van der Waals surface area contributed by atoms with Crippen LogP contribution in [0.3, 0.4) is 0 Å². The summed E-state index contributed by atoms with van der Waals surface area (Å²) in [4.78, 5) is 10.3. The number of alkyl halides is 1. The highest BCUT2D eigenvalue weighted by Crippen LogP contribution is 2.41. The number of hydrogen-bond donors (Lipinski definition) is 2. The number of halogens is 1. The number of hydrogen-bond acceptors (Lipinski definition) is 2. The highest BCUT2D eigenvalue weighted by Gasteiger charge is 2.50. The third kappa shape index (κ3) is 0.883. The van der Waals surface area contributed by atoms with Crippen LogP contribution < -0.4 is 0 Å². The molecule has 1 saturated carbocycles. The van der Waals surface area contributed by atoms with Gasteiger partial charge in [-0.2, -0.15) is 0 Å². The highest BCUT2D eigenvalue weighted by molar-refractivity contribution is 5.76. The molecule has 4 heteroatoms. The Labute approximate surface area is 57.5 Å². The van der Waals surface area contributed by atoms with Crippen LogP contribution in [0.1, 0.15) is 12.8 Å². The molecule has 0 aliphatic heterocycles. The van der Waals surface area contributed by atoms with Gasteiger partial charge in [-0.05, 0) is 12.8 Å². The van der Waals surface area contributed by atoms with Gasteiger partial charge in [0, 0.05) is 0 Å². The minimum absolute atomic E-state index is 0.0544. The van der Waals surface area contributed by atoms with Crippen LogP contribution in [0, 0.1) is 5.41 Å². The Kier molecular flexibility index (Phi) is 1.64. The van der Waals surface area contributed by atoms with E-state index in [4.69, 9.17) is 10.2 Å². The number of aliphatic carboxylic acids is 1. The molecule has 0 saturated heterocycles. The molecule has 0 spiro atoms. The molecule has 1 fully saturated rings. The van der Waals surface area contributed by atoms with Gasteiger partial charge in [-0.15, -0.1) is 0 Å². The summed E-state index contributed by atoms with van der Waals surface area (Å²) in [6.45, 7) is -0.876. The Morgan fingerprint density at radius 2 is 2.20 bits per heavy atom. The maximum atomic E-state index is 12.0. The van der Waals surface area contributed by atoms with Crippen LogP contribution in [0.2, 0.25) is 0 Å². The minimum Gasteiger partial charge on any atom is -0.481 e. The molecule has 2 N–H and O–H groups in total. The average molecular weight is 148 g/mol. The second-order valence-corrected chi connectivity index (χ2v) is 2.78. The summed E-state index contributed by atoms with van der Waals surface area (Å²) < 4.78 is 12.0. The quantitative estimate of drug-likeness (QED) is 0.587. The van der Waals surface area contributed by atoms with Gasteiger partial charge in [0.1, 0.15) is 12.1 Å². The molecule has 3 nitrogen and oxygen atoms in total. The molecule has 0 aromatic carbocycles. The lowest BCUT2D eigenvalue weighted by atomic mass is 9.68. The normalized spacial score (nSPS) is 38.8. The summed E-state index contributed by atoms with van der Waals surface area (Å²) in [6, 6.07) is 0. The van der Waals surface area contributed by atoms with Crippen LogP contribution in [0.25, 0.3) is 0 Å².